The largest absolute Gasteiger partial charge is 0.493 e. The molecule has 16 heteroatoms. The molecule has 216 valence electrons. The standard InChI is InChI=1S/C23H34N6O6S4/c1-12(24-26-18(32)34-22(3,4)5)14-16(30)28(20(36)38-14)10-9-11-29-17(31)15(39-21(29)37)13(2)25-27-19(33)35-23(6,7)8/h30-31H,9-11H2,1-8H3,(H,26,32)(H,27,33)/b24-12+,25-13+. The molecule has 2 aromatic heterocycles. The van der Waals surface area contributed by atoms with Gasteiger partial charge in [-0.2, -0.15) is 10.2 Å². The summed E-state index contributed by atoms with van der Waals surface area (Å²) in [5.41, 5.74) is 4.00. The minimum Gasteiger partial charge on any atom is -0.493 e. The molecular formula is C23H34N6O6S4. The number of ether oxygens (including phenoxy) is 2. The number of carbonyl (C=O) groups is 2. The van der Waals surface area contributed by atoms with Crippen LogP contribution < -0.4 is 10.9 Å². The van der Waals surface area contributed by atoms with Crippen molar-refractivity contribution in [1.82, 2.24) is 20.0 Å². The van der Waals surface area contributed by atoms with E-state index in [1.165, 1.54) is 0 Å². The zero-order valence-electron chi connectivity index (χ0n) is 23.1. The Balaban J connectivity index is 2.08. The van der Waals surface area contributed by atoms with Crippen LogP contribution in [0.25, 0.3) is 0 Å². The quantitative estimate of drug-likeness (QED) is 0.163. The smallest absolute Gasteiger partial charge is 0.428 e. The Morgan fingerprint density at radius 2 is 1.13 bits per heavy atom. The third-order valence-corrected chi connectivity index (χ3v) is 7.68. The van der Waals surface area contributed by atoms with Gasteiger partial charge in [-0.15, -0.1) is 0 Å². The van der Waals surface area contributed by atoms with Crippen LogP contribution in [-0.2, 0) is 22.6 Å². The summed E-state index contributed by atoms with van der Waals surface area (Å²) in [6.07, 6.45) is -0.941. The molecule has 0 atom stereocenters. The molecule has 4 N–H and O–H groups in total. The van der Waals surface area contributed by atoms with Crippen LogP contribution in [-0.4, -0.2) is 54.2 Å². The van der Waals surface area contributed by atoms with Crippen molar-refractivity contribution in [2.75, 3.05) is 0 Å². The molecule has 0 saturated carbocycles. The predicted molar refractivity (Wildman–Crippen MR) is 157 cm³/mol. The second-order valence-electron chi connectivity index (χ2n) is 10.3. The predicted octanol–water partition coefficient (Wildman–Crippen LogP) is 5.87. The van der Waals surface area contributed by atoms with Crippen LogP contribution in [0.1, 0.15) is 71.6 Å². The van der Waals surface area contributed by atoms with Gasteiger partial charge in [0.2, 0.25) is 11.8 Å². The summed E-state index contributed by atoms with van der Waals surface area (Å²) in [6, 6.07) is 0. The number of hydrogen-bond donors (Lipinski definition) is 4. The van der Waals surface area contributed by atoms with Gasteiger partial charge in [0, 0.05) is 13.1 Å². The monoisotopic (exact) mass is 618 g/mol. The highest BCUT2D eigenvalue weighted by Crippen LogP contribution is 2.29. The Bertz CT molecular complexity index is 1280. The lowest BCUT2D eigenvalue weighted by Crippen LogP contribution is -2.30. The fraction of sp³-hybridized carbons (Fsp3) is 0.565. The molecule has 0 radical (unpaired) electrons. The van der Waals surface area contributed by atoms with E-state index in [4.69, 9.17) is 33.9 Å². The van der Waals surface area contributed by atoms with Crippen LogP contribution >= 0.6 is 47.1 Å². The summed E-state index contributed by atoms with van der Waals surface area (Å²) in [5, 5.41) is 29.5. The van der Waals surface area contributed by atoms with E-state index in [2.05, 4.69) is 21.1 Å². The number of nitrogens with one attached hydrogen (secondary N) is 2. The minimum absolute atomic E-state index is 0.0766. The fourth-order valence-electron chi connectivity index (χ4n) is 3.01. The van der Waals surface area contributed by atoms with Gasteiger partial charge in [-0.25, -0.2) is 20.4 Å². The Labute approximate surface area is 245 Å². The summed E-state index contributed by atoms with van der Waals surface area (Å²) in [4.78, 5) is 24.5. The number of hydrazone groups is 2. The number of hydrogen-bond acceptors (Lipinski definition) is 12. The summed E-state index contributed by atoms with van der Waals surface area (Å²) in [5.74, 6) is -0.153. The van der Waals surface area contributed by atoms with Gasteiger partial charge < -0.3 is 19.7 Å². The summed E-state index contributed by atoms with van der Waals surface area (Å²) < 4.78 is 14.2. The molecule has 0 aliphatic heterocycles. The van der Waals surface area contributed by atoms with Crippen molar-refractivity contribution >= 4 is 70.7 Å². The van der Waals surface area contributed by atoms with Gasteiger partial charge in [-0.3, -0.25) is 9.13 Å². The van der Waals surface area contributed by atoms with E-state index < -0.39 is 23.4 Å². The number of amides is 2. The molecule has 12 nitrogen and oxygen atoms in total. The van der Waals surface area contributed by atoms with E-state index >= 15 is 0 Å². The molecule has 0 aromatic carbocycles. The highest BCUT2D eigenvalue weighted by Gasteiger charge is 2.20. The summed E-state index contributed by atoms with van der Waals surface area (Å²) in [7, 11) is 0. The number of nitrogens with zero attached hydrogens (tertiary/aromatic N) is 4. The molecule has 0 unspecified atom stereocenters. The molecule has 2 aromatic rings. The van der Waals surface area contributed by atoms with Gasteiger partial charge in [0.05, 0.1) is 11.4 Å². The van der Waals surface area contributed by atoms with E-state index in [0.29, 0.717) is 48.6 Å². The van der Waals surface area contributed by atoms with Crippen LogP contribution in [0, 0.1) is 7.91 Å². The number of aromatic hydroxyl groups is 2. The van der Waals surface area contributed by atoms with Crippen molar-refractivity contribution < 1.29 is 29.3 Å². The van der Waals surface area contributed by atoms with E-state index in [0.717, 1.165) is 22.7 Å². The zero-order valence-corrected chi connectivity index (χ0v) is 26.3. The number of rotatable bonds is 8. The van der Waals surface area contributed by atoms with Gasteiger partial charge in [-0.1, -0.05) is 22.7 Å². The number of aromatic nitrogens is 2. The molecule has 0 saturated heterocycles. The van der Waals surface area contributed by atoms with E-state index in [1.807, 2.05) is 0 Å². The third-order valence-electron chi connectivity index (χ3n) is 4.59. The molecule has 39 heavy (non-hydrogen) atoms. The molecule has 0 fully saturated rings. The van der Waals surface area contributed by atoms with Crippen molar-refractivity contribution in [3.05, 3.63) is 17.7 Å². The highest BCUT2D eigenvalue weighted by atomic mass is 32.2. The average molecular weight is 619 g/mol. The van der Waals surface area contributed by atoms with Crippen molar-refractivity contribution in [3.63, 3.8) is 0 Å². The summed E-state index contributed by atoms with van der Waals surface area (Å²) >= 11 is 13.1. The van der Waals surface area contributed by atoms with Crippen molar-refractivity contribution in [2.45, 2.75) is 86.1 Å². The van der Waals surface area contributed by atoms with Crippen LogP contribution in [0.15, 0.2) is 10.2 Å². The first kappa shape index (κ1) is 32.4. The molecule has 0 aliphatic rings. The molecule has 0 spiro atoms. The normalized spacial score (nSPS) is 12.8. The topological polar surface area (TPSA) is 152 Å². The molecule has 2 rings (SSSR count). The number of carbonyl (C=O) groups excluding carboxylic acids is 2. The first-order chi connectivity index (χ1) is 17.9. The van der Waals surface area contributed by atoms with Crippen LogP contribution in [0.5, 0.6) is 11.8 Å². The van der Waals surface area contributed by atoms with Gasteiger partial charge in [0.1, 0.15) is 21.0 Å². The van der Waals surface area contributed by atoms with E-state index in [9.17, 15) is 19.8 Å². The second kappa shape index (κ2) is 13.0. The van der Waals surface area contributed by atoms with E-state index in [1.54, 1.807) is 64.5 Å². The fourth-order valence-corrected chi connectivity index (χ4v) is 5.58. The average Bonchev–Trinajstić information content (AvgIpc) is 3.23. The third kappa shape index (κ3) is 9.70. The van der Waals surface area contributed by atoms with Gasteiger partial charge >= 0.3 is 12.2 Å². The van der Waals surface area contributed by atoms with Crippen molar-refractivity contribution in [2.24, 2.45) is 10.2 Å². The Kier molecular flexibility index (Phi) is 10.8. The molecule has 0 aliphatic carbocycles. The number of thiazole rings is 2. The van der Waals surface area contributed by atoms with Gasteiger partial charge in [0.25, 0.3) is 0 Å². The van der Waals surface area contributed by atoms with Crippen molar-refractivity contribution in [3.8, 4) is 11.8 Å². The van der Waals surface area contributed by atoms with Crippen LogP contribution in [0.3, 0.4) is 0 Å². The Hall–Kier alpha value is -2.82. The lowest BCUT2D eigenvalue weighted by atomic mass is 10.2. The molecular weight excluding hydrogens is 585 g/mol. The second-order valence-corrected chi connectivity index (χ2v) is 13.6. The van der Waals surface area contributed by atoms with Gasteiger partial charge in [0.15, 0.2) is 7.91 Å². The maximum absolute atomic E-state index is 11.9. The van der Waals surface area contributed by atoms with E-state index in [-0.39, 0.29) is 11.8 Å². The maximum atomic E-state index is 11.9. The van der Waals surface area contributed by atoms with Crippen LogP contribution in [0.4, 0.5) is 9.59 Å². The molecule has 0 bridgehead atoms. The first-order valence-corrected chi connectivity index (χ1v) is 14.3. The SMILES string of the molecule is C/C(=N\NC(=O)OC(C)(C)C)c1sc(=S)n(CCCn2c(O)c(/C(C)=N/NC(=O)OC(C)(C)C)sc2=S)c1O. The Morgan fingerprint density at radius 3 is 1.44 bits per heavy atom. The highest BCUT2D eigenvalue weighted by molar-refractivity contribution is 7.73. The first-order valence-electron chi connectivity index (χ1n) is 11.8. The summed E-state index contributed by atoms with van der Waals surface area (Å²) in [6.45, 7) is 14.4. The lowest BCUT2D eigenvalue weighted by molar-refractivity contribution is 0.0518. The Morgan fingerprint density at radius 1 is 0.795 bits per heavy atom. The molecule has 2 amide bonds. The molecule has 2 heterocycles. The minimum atomic E-state index is -0.711. The zero-order chi connectivity index (χ0) is 29.7. The van der Waals surface area contributed by atoms with Crippen molar-refractivity contribution in [1.29, 1.82) is 0 Å². The van der Waals surface area contributed by atoms with Gasteiger partial charge in [-0.05, 0) is 86.2 Å². The maximum Gasteiger partial charge on any atom is 0.428 e. The van der Waals surface area contributed by atoms with Crippen LogP contribution in [0.2, 0.25) is 0 Å². The lowest BCUT2D eigenvalue weighted by Gasteiger charge is -2.18.